The van der Waals surface area contributed by atoms with E-state index >= 15 is 0 Å². The third kappa shape index (κ3) is 32.5. The Morgan fingerprint density at radius 2 is 1.30 bits per heavy atom. The molecule has 0 aromatic carbocycles. The van der Waals surface area contributed by atoms with Crippen molar-refractivity contribution in [2.75, 3.05) is 114 Å². The Morgan fingerprint density at radius 3 is 1.72 bits per heavy atom. The summed E-state index contributed by atoms with van der Waals surface area (Å²) in [6.45, 7) is 24.7. The summed E-state index contributed by atoms with van der Waals surface area (Å²) in [7, 11) is 7.25. The molecular weight excluding hydrogens is 796 g/mol. The first-order valence-corrected chi connectivity index (χ1v) is 21.5. The molecule has 61 heavy (non-hydrogen) atoms. The van der Waals surface area contributed by atoms with Crippen molar-refractivity contribution in [3.63, 3.8) is 0 Å². The Balaban J connectivity index is -0.000000686. The van der Waals surface area contributed by atoms with Gasteiger partial charge in [0.25, 0.3) is 32.4 Å². The fraction of sp³-hybridized carbons (Fsp3) is 0.833. The molecule has 5 atom stereocenters. The molecule has 3 heterocycles. The number of nitrogens with zero attached hydrogens (tertiary/aromatic N) is 5. The van der Waals surface area contributed by atoms with Crippen molar-refractivity contribution < 1.29 is 62.0 Å². The maximum atomic E-state index is 11.7. The van der Waals surface area contributed by atoms with Crippen LogP contribution in [0.4, 0.5) is 0 Å². The van der Waals surface area contributed by atoms with Crippen LogP contribution >= 0.6 is 0 Å². The van der Waals surface area contributed by atoms with E-state index in [4.69, 9.17) is 15.2 Å². The maximum absolute atomic E-state index is 11.7. The lowest BCUT2D eigenvalue weighted by atomic mass is 9.87. The minimum atomic E-state index is -0.334. The van der Waals surface area contributed by atoms with Crippen molar-refractivity contribution >= 4 is 44.2 Å². The van der Waals surface area contributed by atoms with Gasteiger partial charge in [0.2, 0.25) is 5.91 Å². The number of amides is 1. The molecule has 0 aliphatic carbocycles. The number of esters is 1. The molecule has 2 N–H and O–H groups in total. The number of likely N-dealkylation sites (N-methyl/N-ethyl adjacent to an activating group) is 3. The highest BCUT2D eigenvalue weighted by molar-refractivity contribution is 5.76. The lowest BCUT2D eigenvalue weighted by Crippen LogP contribution is -2.53. The normalized spacial score (nSPS) is 20.0. The number of hydrogen-bond acceptors (Lipinski definition) is 18. The molecule has 1 unspecified atom stereocenters. The molecule has 3 rings (SSSR count). The summed E-state index contributed by atoms with van der Waals surface area (Å²) in [5.41, 5.74) is 4.96. The fourth-order valence-electron chi connectivity index (χ4n) is 6.75. The molecule has 0 saturated carbocycles. The lowest BCUT2D eigenvalue weighted by Gasteiger charge is -2.40. The first kappa shape index (κ1) is 61.4. The first-order valence-electron chi connectivity index (χ1n) is 21.5. The van der Waals surface area contributed by atoms with Crippen LogP contribution in [0.5, 0.6) is 0 Å². The van der Waals surface area contributed by atoms with Gasteiger partial charge in [0.05, 0.1) is 26.9 Å². The summed E-state index contributed by atoms with van der Waals surface area (Å²) in [5, 5.41) is 0. The molecular formula is C42H82N6O13. The largest absolute Gasteiger partial charge is 0.469 e. The Labute approximate surface area is 366 Å². The minimum absolute atomic E-state index is 0.149. The summed E-state index contributed by atoms with van der Waals surface area (Å²) in [6, 6.07) is 1.29. The average Bonchev–Trinajstić information content (AvgIpc) is 3.48. The van der Waals surface area contributed by atoms with Crippen LogP contribution in [-0.4, -0.2) is 207 Å². The molecule has 358 valence electrons. The Kier molecular flexibility index (Phi) is 43.0. The number of carbonyl (C=O) groups excluding carboxylic acids is 7. The molecule has 0 aromatic heterocycles. The van der Waals surface area contributed by atoms with Gasteiger partial charge in [0, 0.05) is 44.2 Å². The zero-order valence-electron chi connectivity index (χ0n) is 39.0. The number of nitrogens with two attached hydrogens (primary N) is 1. The Bertz CT molecular complexity index is 1100. The number of rotatable bonds is 24. The Morgan fingerprint density at radius 1 is 0.738 bits per heavy atom. The van der Waals surface area contributed by atoms with E-state index in [9.17, 15) is 33.6 Å². The summed E-state index contributed by atoms with van der Waals surface area (Å²) < 4.78 is 27.6. The third-order valence-electron chi connectivity index (χ3n) is 10.4. The summed E-state index contributed by atoms with van der Waals surface area (Å²) in [6.07, 6.45) is 7.40. The monoisotopic (exact) mass is 879 g/mol. The standard InChI is InChI=1S/C11H17NO4.C10H19NO2.C7H15NO2.C6H14N2O.C5H11NO2.C3H6O2/c1-12-7-3-4-8(12)10(11(14)15-2)9(5-7)16-6-13;1-10-5-2-3-6-11(10)7-4-8-13-9-12;1-3-8(4-2)5-6-10-7-9;1-3-8(4-2)5-6(7)9;1-6(2)3-4-8-5-7;1-2-5-3-4/h6-10H,3-5H2,1-2H3;9-10H,2-8H2,1H3;7H,3-6H2,1-2H3;3-5H2,1-2H3,(H2,7,9);5H,3-4H2,1-2H3;3H,2H2,1H3/t7-,8-,9+,10-;;;;;/m1...../s1. The number of fused-ring (bicyclic) bond motifs is 2. The average molecular weight is 879 g/mol. The van der Waals surface area contributed by atoms with E-state index in [1.54, 1.807) is 6.92 Å². The summed E-state index contributed by atoms with van der Waals surface area (Å²) in [5.74, 6) is -0.860. The van der Waals surface area contributed by atoms with Gasteiger partial charge in [-0.05, 0) is 99.8 Å². The van der Waals surface area contributed by atoms with Crippen molar-refractivity contribution in [2.45, 2.75) is 111 Å². The van der Waals surface area contributed by atoms with E-state index in [1.807, 2.05) is 44.8 Å². The van der Waals surface area contributed by atoms with Crippen LogP contribution in [0.1, 0.15) is 86.5 Å². The van der Waals surface area contributed by atoms with Crippen LogP contribution in [-0.2, 0) is 62.0 Å². The predicted molar refractivity (Wildman–Crippen MR) is 232 cm³/mol. The van der Waals surface area contributed by atoms with Crippen LogP contribution in [0, 0.1) is 5.92 Å². The van der Waals surface area contributed by atoms with Gasteiger partial charge < -0.3 is 48.9 Å². The zero-order valence-corrected chi connectivity index (χ0v) is 39.0. The minimum Gasteiger partial charge on any atom is -0.469 e. The SMILES string of the molecule is CC1CCCCN1CCCOC=O.CCN(CC)CC(N)=O.CCN(CC)CCOC=O.CCOC=O.CN(C)CCOC=O.COC(=O)[C@H]1[C@@H](OC=O)C[C@H]2CC[C@H]1N2C. The lowest BCUT2D eigenvalue weighted by molar-refractivity contribution is -0.162. The maximum Gasteiger partial charge on any atom is 0.314 e. The molecule has 3 fully saturated rings. The van der Waals surface area contributed by atoms with Crippen molar-refractivity contribution in [3.8, 4) is 0 Å². The van der Waals surface area contributed by atoms with E-state index in [1.165, 1.54) is 32.9 Å². The van der Waals surface area contributed by atoms with Gasteiger partial charge in [0.15, 0.2) is 0 Å². The molecule has 19 nitrogen and oxygen atoms in total. The molecule has 0 radical (unpaired) electrons. The van der Waals surface area contributed by atoms with E-state index in [2.05, 4.69) is 54.4 Å². The van der Waals surface area contributed by atoms with Crippen LogP contribution in [0.3, 0.4) is 0 Å². The topological polar surface area (TPSA) is 217 Å². The Hall–Kier alpha value is -3.91. The van der Waals surface area contributed by atoms with Crippen molar-refractivity contribution in [2.24, 2.45) is 11.7 Å². The second-order valence-electron chi connectivity index (χ2n) is 14.5. The predicted octanol–water partition coefficient (Wildman–Crippen LogP) is 1.82. The molecule has 3 aliphatic rings. The molecule has 2 bridgehead atoms. The van der Waals surface area contributed by atoms with Gasteiger partial charge in [-0.15, -0.1) is 0 Å². The molecule has 1 amide bonds. The van der Waals surface area contributed by atoms with Crippen LogP contribution in [0.25, 0.3) is 0 Å². The second-order valence-corrected chi connectivity index (χ2v) is 14.5. The molecule has 19 heteroatoms. The number of piperidine rings is 2. The van der Waals surface area contributed by atoms with E-state index in [-0.39, 0.29) is 29.9 Å². The van der Waals surface area contributed by atoms with Gasteiger partial charge >= 0.3 is 5.97 Å². The van der Waals surface area contributed by atoms with Gasteiger partial charge in [-0.25, -0.2) is 0 Å². The van der Waals surface area contributed by atoms with Crippen molar-refractivity contribution in [3.05, 3.63) is 0 Å². The number of likely N-dealkylation sites (tertiary alicyclic amines) is 1. The number of methoxy groups -OCH3 is 1. The van der Waals surface area contributed by atoms with Crippen molar-refractivity contribution in [1.29, 1.82) is 0 Å². The van der Waals surface area contributed by atoms with Gasteiger partial charge in [-0.3, -0.25) is 43.4 Å². The highest BCUT2D eigenvalue weighted by Gasteiger charge is 2.50. The van der Waals surface area contributed by atoms with Gasteiger partial charge in [-0.1, -0.05) is 34.1 Å². The van der Waals surface area contributed by atoms with Crippen LogP contribution in [0.2, 0.25) is 0 Å². The quantitative estimate of drug-likeness (QED) is 0.0633. The number of hydrogen-bond donors (Lipinski definition) is 1. The molecule has 3 saturated heterocycles. The van der Waals surface area contributed by atoms with Gasteiger partial charge in [0.1, 0.15) is 25.2 Å². The van der Waals surface area contributed by atoms with Gasteiger partial charge in [-0.2, -0.15) is 0 Å². The zero-order chi connectivity index (χ0) is 46.8. The van der Waals surface area contributed by atoms with Crippen molar-refractivity contribution in [1.82, 2.24) is 24.5 Å². The highest BCUT2D eigenvalue weighted by atomic mass is 16.5. The molecule has 0 spiro atoms. The summed E-state index contributed by atoms with van der Waals surface area (Å²) >= 11 is 0. The third-order valence-corrected chi connectivity index (χ3v) is 10.4. The van der Waals surface area contributed by atoms with Crippen LogP contribution < -0.4 is 5.73 Å². The van der Waals surface area contributed by atoms with E-state index < -0.39 is 0 Å². The van der Waals surface area contributed by atoms with E-state index in [0.29, 0.717) is 77.4 Å². The second kappa shape index (κ2) is 42.8. The fourth-order valence-corrected chi connectivity index (χ4v) is 6.75. The highest BCUT2D eigenvalue weighted by Crippen LogP contribution is 2.39. The molecule has 0 aromatic rings. The number of ether oxygens (including phenoxy) is 6. The van der Waals surface area contributed by atoms with E-state index in [0.717, 1.165) is 71.5 Å². The first-order chi connectivity index (χ1) is 29.3. The number of primary amides is 1. The summed E-state index contributed by atoms with van der Waals surface area (Å²) in [4.78, 5) is 81.7. The smallest absolute Gasteiger partial charge is 0.314 e. The molecule has 3 aliphatic heterocycles. The van der Waals surface area contributed by atoms with Crippen LogP contribution in [0.15, 0.2) is 0 Å². The number of carbonyl (C=O) groups is 7.